The molecule has 1 aliphatic carbocycles. The van der Waals surface area contributed by atoms with Crippen LogP contribution in [-0.4, -0.2) is 73.4 Å². The summed E-state index contributed by atoms with van der Waals surface area (Å²) in [6.45, 7) is 10.7. The molecule has 8 nitrogen and oxygen atoms in total. The molecule has 8 heteroatoms. The van der Waals surface area contributed by atoms with Crippen LogP contribution in [-0.2, 0) is 17.6 Å². The fourth-order valence-electron chi connectivity index (χ4n) is 4.92. The highest BCUT2D eigenvalue weighted by molar-refractivity contribution is 5.89. The van der Waals surface area contributed by atoms with Crippen molar-refractivity contribution in [3.05, 3.63) is 41.6 Å². The van der Waals surface area contributed by atoms with Crippen LogP contribution in [0.2, 0.25) is 0 Å². The molecule has 33 heavy (non-hydrogen) atoms. The minimum Gasteiger partial charge on any atom is -0.378 e. The van der Waals surface area contributed by atoms with E-state index in [9.17, 15) is 4.79 Å². The zero-order valence-electron chi connectivity index (χ0n) is 19.7. The predicted molar refractivity (Wildman–Crippen MR) is 130 cm³/mol. The molecule has 2 saturated heterocycles. The van der Waals surface area contributed by atoms with Crippen molar-refractivity contribution in [2.45, 2.75) is 33.1 Å². The summed E-state index contributed by atoms with van der Waals surface area (Å²) < 4.78 is 5.54. The number of hydrogen-bond acceptors (Lipinski definition) is 6. The smallest absolute Gasteiger partial charge is 0.321 e. The number of piperazine rings is 1. The van der Waals surface area contributed by atoms with Crippen molar-refractivity contribution in [2.75, 3.05) is 67.6 Å². The first kappa shape index (κ1) is 21.9. The van der Waals surface area contributed by atoms with Crippen molar-refractivity contribution >= 4 is 23.5 Å². The van der Waals surface area contributed by atoms with Crippen LogP contribution in [0.5, 0.6) is 0 Å². The Kier molecular flexibility index (Phi) is 6.10. The second kappa shape index (κ2) is 9.17. The average molecular weight is 451 g/mol. The lowest BCUT2D eigenvalue weighted by atomic mass is 9.76. The Morgan fingerprint density at radius 2 is 1.70 bits per heavy atom. The molecule has 0 spiro atoms. The van der Waals surface area contributed by atoms with E-state index in [1.54, 1.807) is 0 Å². The van der Waals surface area contributed by atoms with Crippen molar-refractivity contribution in [1.29, 1.82) is 0 Å². The minimum atomic E-state index is -0.0404. The van der Waals surface area contributed by atoms with Gasteiger partial charge in [-0.2, -0.15) is 4.98 Å². The maximum Gasteiger partial charge on any atom is 0.321 e. The summed E-state index contributed by atoms with van der Waals surface area (Å²) in [6, 6.07) is 9.59. The summed E-state index contributed by atoms with van der Waals surface area (Å²) >= 11 is 0. The minimum absolute atomic E-state index is 0.0404. The third-order valence-electron chi connectivity index (χ3n) is 6.94. The number of carbonyl (C=O) groups is 1. The van der Waals surface area contributed by atoms with Gasteiger partial charge in [0.15, 0.2) is 0 Å². The van der Waals surface area contributed by atoms with Crippen molar-refractivity contribution in [1.82, 2.24) is 14.9 Å². The van der Waals surface area contributed by atoms with E-state index in [4.69, 9.17) is 14.7 Å². The Labute approximate surface area is 195 Å². The lowest BCUT2D eigenvalue weighted by Crippen LogP contribution is -2.51. The van der Waals surface area contributed by atoms with Gasteiger partial charge in [0.2, 0.25) is 5.95 Å². The van der Waals surface area contributed by atoms with E-state index in [1.807, 2.05) is 35.2 Å². The molecule has 3 aliphatic rings. The summed E-state index contributed by atoms with van der Waals surface area (Å²) in [7, 11) is 0. The van der Waals surface area contributed by atoms with Crippen molar-refractivity contribution in [3.63, 3.8) is 0 Å². The molecule has 2 aromatic rings. The van der Waals surface area contributed by atoms with Crippen LogP contribution in [0.25, 0.3) is 0 Å². The van der Waals surface area contributed by atoms with Gasteiger partial charge in [-0.15, -0.1) is 0 Å². The third-order valence-corrected chi connectivity index (χ3v) is 6.94. The second-order valence-electron chi connectivity index (χ2n) is 9.98. The standard InChI is InChI=1S/C25H34N6O2/c1-25(2)9-8-20-21(18-25)27-23(30-14-16-33-17-15-30)28-22(20)29-10-12-31(13-11-29)24(32)26-19-6-4-3-5-7-19/h3-7H,8-18H2,1-2H3,(H,26,32). The number of nitrogens with one attached hydrogen (secondary N) is 1. The van der Waals surface area contributed by atoms with Crippen molar-refractivity contribution in [2.24, 2.45) is 5.41 Å². The number of morpholine rings is 1. The molecule has 0 radical (unpaired) electrons. The number of anilines is 3. The van der Waals surface area contributed by atoms with Crippen LogP contribution >= 0.6 is 0 Å². The van der Waals surface area contributed by atoms with E-state index in [1.165, 1.54) is 11.3 Å². The molecule has 176 valence electrons. The zero-order chi connectivity index (χ0) is 22.8. The Morgan fingerprint density at radius 1 is 0.970 bits per heavy atom. The molecule has 2 amide bonds. The monoisotopic (exact) mass is 450 g/mol. The largest absolute Gasteiger partial charge is 0.378 e. The number of benzene rings is 1. The normalized spacial score (nSPS) is 20.4. The van der Waals surface area contributed by atoms with Crippen molar-refractivity contribution in [3.8, 4) is 0 Å². The van der Waals surface area contributed by atoms with Gasteiger partial charge in [-0.1, -0.05) is 32.0 Å². The first-order valence-electron chi connectivity index (χ1n) is 12.1. The van der Waals surface area contributed by atoms with Gasteiger partial charge in [-0.3, -0.25) is 0 Å². The Morgan fingerprint density at radius 3 is 2.42 bits per heavy atom. The molecule has 0 bridgehead atoms. The summed E-state index contributed by atoms with van der Waals surface area (Å²) in [5, 5.41) is 3.00. The second-order valence-corrected chi connectivity index (χ2v) is 9.98. The van der Waals surface area contributed by atoms with Gasteiger partial charge in [0.25, 0.3) is 0 Å². The van der Waals surface area contributed by atoms with E-state index in [0.717, 1.165) is 76.1 Å². The Balaban J connectivity index is 1.34. The molecular formula is C25H34N6O2. The highest BCUT2D eigenvalue weighted by atomic mass is 16.5. The molecule has 2 fully saturated rings. The first-order valence-corrected chi connectivity index (χ1v) is 12.1. The molecule has 0 saturated carbocycles. The van der Waals surface area contributed by atoms with Gasteiger partial charge in [-0.25, -0.2) is 9.78 Å². The van der Waals surface area contributed by atoms with E-state index in [-0.39, 0.29) is 11.4 Å². The number of urea groups is 1. The number of hydrogen-bond donors (Lipinski definition) is 1. The van der Waals surface area contributed by atoms with Crippen LogP contribution < -0.4 is 15.1 Å². The summed E-state index contributed by atoms with van der Waals surface area (Å²) in [4.78, 5) is 29.3. The molecule has 5 rings (SSSR count). The van der Waals surface area contributed by atoms with E-state index >= 15 is 0 Å². The lowest BCUT2D eigenvalue weighted by Gasteiger charge is -2.39. The zero-order valence-corrected chi connectivity index (χ0v) is 19.7. The maximum atomic E-state index is 12.7. The first-order chi connectivity index (χ1) is 16.0. The summed E-state index contributed by atoms with van der Waals surface area (Å²) in [6.07, 6.45) is 3.14. The Bertz CT molecular complexity index is 982. The molecule has 2 aliphatic heterocycles. The number of amides is 2. The summed E-state index contributed by atoms with van der Waals surface area (Å²) in [5.74, 6) is 1.90. The number of rotatable bonds is 3. The van der Waals surface area contributed by atoms with Crippen LogP contribution in [0, 0.1) is 5.41 Å². The molecule has 3 heterocycles. The molecule has 1 aromatic heterocycles. The highest BCUT2D eigenvalue weighted by Gasteiger charge is 2.32. The van der Waals surface area contributed by atoms with Crippen LogP contribution in [0.3, 0.4) is 0 Å². The predicted octanol–water partition coefficient (Wildman–Crippen LogP) is 3.18. The number of ether oxygens (including phenoxy) is 1. The van der Waals surface area contributed by atoms with Gasteiger partial charge in [0, 0.05) is 50.5 Å². The molecule has 0 atom stereocenters. The molecule has 1 N–H and O–H groups in total. The summed E-state index contributed by atoms with van der Waals surface area (Å²) in [5.41, 5.74) is 3.58. The average Bonchev–Trinajstić information content (AvgIpc) is 2.84. The SMILES string of the molecule is CC1(C)CCc2c(nc(N3CCOCC3)nc2N2CCN(C(=O)Nc3ccccc3)CC2)C1. The fraction of sp³-hybridized carbons (Fsp3) is 0.560. The number of carbonyl (C=O) groups excluding carboxylic acids is 1. The van der Waals surface area contributed by atoms with E-state index < -0.39 is 0 Å². The third kappa shape index (κ3) is 4.90. The highest BCUT2D eigenvalue weighted by Crippen LogP contribution is 2.38. The number of fused-ring (bicyclic) bond motifs is 1. The van der Waals surface area contributed by atoms with Crippen LogP contribution in [0.4, 0.5) is 22.2 Å². The quantitative estimate of drug-likeness (QED) is 0.774. The van der Waals surface area contributed by atoms with E-state index in [0.29, 0.717) is 13.1 Å². The van der Waals surface area contributed by atoms with Gasteiger partial charge < -0.3 is 24.8 Å². The van der Waals surface area contributed by atoms with E-state index in [2.05, 4.69) is 29.0 Å². The number of nitrogens with zero attached hydrogens (tertiary/aromatic N) is 5. The molecular weight excluding hydrogens is 416 g/mol. The van der Waals surface area contributed by atoms with Crippen molar-refractivity contribution < 1.29 is 9.53 Å². The molecule has 0 unspecified atom stereocenters. The van der Waals surface area contributed by atoms with Gasteiger partial charge in [0.1, 0.15) is 5.82 Å². The number of para-hydroxylation sites is 1. The number of aromatic nitrogens is 2. The van der Waals surface area contributed by atoms with Crippen LogP contribution in [0.1, 0.15) is 31.5 Å². The Hall–Kier alpha value is -2.87. The van der Waals surface area contributed by atoms with Gasteiger partial charge in [0.05, 0.1) is 18.9 Å². The lowest BCUT2D eigenvalue weighted by molar-refractivity contribution is 0.122. The topological polar surface area (TPSA) is 73.8 Å². The maximum absolute atomic E-state index is 12.7. The molecule has 1 aromatic carbocycles. The van der Waals surface area contributed by atoms with Gasteiger partial charge >= 0.3 is 6.03 Å². The van der Waals surface area contributed by atoms with Gasteiger partial charge in [-0.05, 0) is 36.8 Å². The van der Waals surface area contributed by atoms with Crippen LogP contribution in [0.15, 0.2) is 30.3 Å². The fourth-order valence-corrected chi connectivity index (χ4v) is 4.92.